The molecule has 4 rings (SSSR count). The molecule has 2 aliphatic rings. The minimum Gasteiger partial charge on any atom is -0.342 e. The molecule has 7 heteroatoms. The standard InChI is InChI=1S/C23H33N5OS/c1-2-27-21(19-10-6-5-7-11-19)24-28(23(27)30)18-25-16-12-20(13-17-25)22(29)26-14-8-3-4-9-15-26/h5-7,10-11,20H,2-4,8-9,12-18H2,1H3/p+1. The highest BCUT2D eigenvalue weighted by Gasteiger charge is 2.31. The molecule has 0 atom stereocenters. The van der Waals surface area contributed by atoms with Gasteiger partial charge in [-0.2, -0.15) is 4.68 Å². The second-order valence-electron chi connectivity index (χ2n) is 8.64. The Hall–Kier alpha value is -1.99. The minimum absolute atomic E-state index is 0.202. The molecule has 0 saturated carbocycles. The fourth-order valence-electron chi connectivity index (χ4n) is 4.82. The predicted molar refractivity (Wildman–Crippen MR) is 121 cm³/mol. The topological polar surface area (TPSA) is 47.5 Å². The Bertz CT molecular complexity index is 890. The van der Waals surface area contributed by atoms with E-state index in [9.17, 15) is 4.79 Å². The molecule has 1 amide bonds. The Kier molecular flexibility index (Phi) is 7.00. The summed E-state index contributed by atoms with van der Waals surface area (Å²) in [5.41, 5.74) is 1.10. The fraction of sp³-hybridized carbons (Fsp3) is 0.609. The van der Waals surface area contributed by atoms with Crippen molar-refractivity contribution >= 4 is 18.1 Å². The number of rotatable bonds is 5. The van der Waals surface area contributed by atoms with Crippen LogP contribution in [0.5, 0.6) is 0 Å². The molecule has 1 aromatic heterocycles. The number of amides is 1. The highest BCUT2D eigenvalue weighted by molar-refractivity contribution is 7.71. The van der Waals surface area contributed by atoms with Crippen LogP contribution in [0.15, 0.2) is 30.3 Å². The van der Waals surface area contributed by atoms with Gasteiger partial charge in [-0.15, -0.1) is 5.10 Å². The number of nitrogens with one attached hydrogen (secondary N) is 1. The van der Waals surface area contributed by atoms with E-state index in [1.54, 1.807) is 0 Å². The number of benzene rings is 1. The Morgan fingerprint density at radius 3 is 2.40 bits per heavy atom. The van der Waals surface area contributed by atoms with Gasteiger partial charge in [0.15, 0.2) is 12.5 Å². The Balaban J connectivity index is 1.39. The van der Waals surface area contributed by atoms with Gasteiger partial charge >= 0.3 is 0 Å². The summed E-state index contributed by atoms with van der Waals surface area (Å²) in [5.74, 6) is 1.54. The van der Waals surface area contributed by atoms with E-state index in [4.69, 9.17) is 17.3 Å². The van der Waals surface area contributed by atoms with Crippen molar-refractivity contribution in [2.24, 2.45) is 5.92 Å². The van der Waals surface area contributed by atoms with E-state index in [1.165, 1.54) is 17.7 Å². The van der Waals surface area contributed by atoms with Crippen LogP contribution in [0.4, 0.5) is 0 Å². The van der Waals surface area contributed by atoms with Crippen LogP contribution in [0.1, 0.15) is 45.4 Å². The number of piperidine rings is 1. The Morgan fingerprint density at radius 1 is 1.10 bits per heavy atom. The molecular weight excluding hydrogens is 394 g/mol. The molecule has 6 nitrogen and oxygen atoms in total. The molecule has 3 heterocycles. The third-order valence-corrected chi connectivity index (χ3v) is 7.04. The van der Waals surface area contributed by atoms with Crippen molar-refractivity contribution < 1.29 is 9.69 Å². The molecule has 2 saturated heterocycles. The van der Waals surface area contributed by atoms with Gasteiger partial charge < -0.3 is 14.4 Å². The monoisotopic (exact) mass is 428 g/mol. The molecule has 1 N–H and O–H groups in total. The van der Waals surface area contributed by atoms with E-state index >= 15 is 0 Å². The van der Waals surface area contributed by atoms with Crippen molar-refractivity contribution in [1.29, 1.82) is 0 Å². The molecule has 0 bridgehead atoms. The quantitative estimate of drug-likeness (QED) is 0.745. The number of quaternary nitrogens is 1. The van der Waals surface area contributed by atoms with E-state index in [0.717, 1.165) is 81.2 Å². The molecular formula is C23H34N5OS+. The van der Waals surface area contributed by atoms with E-state index in [-0.39, 0.29) is 5.92 Å². The Labute approximate surface area is 184 Å². The number of carbonyl (C=O) groups excluding carboxylic acids is 1. The van der Waals surface area contributed by atoms with Crippen LogP contribution >= 0.6 is 12.2 Å². The van der Waals surface area contributed by atoms with Crippen LogP contribution in [-0.2, 0) is 18.0 Å². The first-order valence-corrected chi connectivity index (χ1v) is 11.9. The van der Waals surface area contributed by atoms with Gasteiger partial charge in [0.25, 0.3) is 0 Å². The van der Waals surface area contributed by atoms with Gasteiger partial charge in [-0.25, -0.2) is 0 Å². The van der Waals surface area contributed by atoms with E-state index < -0.39 is 0 Å². The van der Waals surface area contributed by atoms with Crippen molar-refractivity contribution in [3.05, 3.63) is 35.1 Å². The summed E-state index contributed by atoms with van der Waals surface area (Å²) in [4.78, 5) is 16.5. The van der Waals surface area contributed by atoms with Crippen molar-refractivity contribution in [3.63, 3.8) is 0 Å². The summed E-state index contributed by atoms with van der Waals surface area (Å²) in [6.07, 6.45) is 6.80. The smallest absolute Gasteiger partial charge is 0.226 e. The zero-order chi connectivity index (χ0) is 20.9. The predicted octanol–water partition coefficient (Wildman–Crippen LogP) is 2.76. The van der Waals surface area contributed by atoms with Crippen LogP contribution in [0, 0.1) is 10.7 Å². The molecule has 0 radical (unpaired) electrons. The van der Waals surface area contributed by atoms with Gasteiger partial charge in [-0.3, -0.25) is 4.79 Å². The number of hydrogen-bond donors (Lipinski definition) is 1. The highest BCUT2D eigenvalue weighted by atomic mass is 32.1. The molecule has 30 heavy (non-hydrogen) atoms. The summed E-state index contributed by atoms with van der Waals surface area (Å²) < 4.78 is 4.87. The molecule has 0 unspecified atom stereocenters. The molecule has 2 aliphatic heterocycles. The van der Waals surface area contributed by atoms with Gasteiger partial charge in [-0.1, -0.05) is 43.2 Å². The van der Waals surface area contributed by atoms with E-state index in [2.05, 4.69) is 28.5 Å². The highest BCUT2D eigenvalue weighted by Crippen LogP contribution is 2.19. The summed E-state index contributed by atoms with van der Waals surface area (Å²) in [5, 5.41) is 4.86. The maximum atomic E-state index is 12.9. The SMILES string of the molecule is CCn1c(-c2ccccc2)nn(C[NH+]2CCC(C(=O)N3CCCCCC3)CC2)c1=S. The van der Waals surface area contributed by atoms with Crippen LogP contribution in [-0.4, -0.2) is 51.3 Å². The Morgan fingerprint density at radius 2 is 1.77 bits per heavy atom. The first-order chi connectivity index (χ1) is 14.7. The number of likely N-dealkylation sites (tertiary alicyclic amines) is 2. The zero-order valence-electron chi connectivity index (χ0n) is 18.1. The van der Waals surface area contributed by atoms with Gasteiger partial charge in [0.2, 0.25) is 10.7 Å². The number of nitrogens with zero attached hydrogens (tertiary/aromatic N) is 4. The second-order valence-corrected chi connectivity index (χ2v) is 9.00. The van der Waals surface area contributed by atoms with Crippen LogP contribution < -0.4 is 4.90 Å². The third kappa shape index (κ3) is 4.67. The molecule has 162 valence electrons. The van der Waals surface area contributed by atoms with Crippen molar-refractivity contribution in [2.45, 2.75) is 58.7 Å². The lowest BCUT2D eigenvalue weighted by molar-refractivity contribution is -0.929. The first-order valence-electron chi connectivity index (χ1n) is 11.5. The van der Waals surface area contributed by atoms with Crippen molar-refractivity contribution in [2.75, 3.05) is 26.2 Å². The number of hydrogen-bond acceptors (Lipinski definition) is 3. The van der Waals surface area contributed by atoms with Gasteiger partial charge in [0.1, 0.15) is 0 Å². The zero-order valence-corrected chi connectivity index (χ0v) is 18.9. The first kappa shape index (κ1) is 21.2. The normalized spacial score (nSPS) is 22.6. The average Bonchev–Trinajstić information content (AvgIpc) is 2.95. The van der Waals surface area contributed by atoms with Crippen LogP contribution in [0.2, 0.25) is 0 Å². The molecule has 0 spiro atoms. The average molecular weight is 429 g/mol. The molecule has 0 aliphatic carbocycles. The third-order valence-electron chi connectivity index (χ3n) is 6.60. The number of carbonyl (C=O) groups is 1. The van der Waals surface area contributed by atoms with Crippen LogP contribution in [0.25, 0.3) is 11.4 Å². The molecule has 1 aromatic carbocycles. The number of aromatic nitrogens is 3. The van der Waals surface area contributed by atoms with E-state index in [0.29, 0.717) is 5.91 Å². The second kappa shape index (κ2) is 9.88. The van der Waals surface area contributed by atoms with Gasteiger partial charge in [0.05, 0.1) is 13.1 Å². The molecule has 2 fully saturated rings. The largest absolute Gasteiger partial charge is 0.342 e. The van der Waals surface area contributed by atoms with Gasteiger partial charge in [0, 0.05) is 44.0 Å². The summed E-state index contributed by atoms with van der Waals surface area (Å²) in [7, 11) is 0. The lowest BCUT2D eigenvalue weighted by Gasteiger charge is -2.31. The maximum Gasteiger partial charge on any atom is 0.226 e. The van der Waals surface area contributed by atoms with Crippen LogP contribution in [0.3, 0.4) is 0 Å². The summed E-state index contributed by atoms with van der Waals surface area (Å²) in [6.45, 7) is 7.62. The molecule has 2 aromatic rings. The lowest BCUT2D eigenvalue weighted by atomic mass is 9.95. The summed E-state index contributed by atoms with van der Waals surface area (Å²) >= 11 is 5.73. The minimum atomic E-state index is 0.202. The van der Waals surface area contributed by atoms with E-state index in [1.807, 2.05) is 22.9 Å². The lowest BCUT2D eigenvalue weighted by Crippen LogP contribution is -3.12. The van der Waals surface area contributed by atoms with Crippen molar-refractivity contribution in [3.8, 4) is 11.4 Å². The maximum absolute atomic E-state index is 12.9. The van der Waals surface area contributed by atoms with Crippen molar-refractivity contribution in [1.82, 2.24) is 19.2 Å². The van der Waals surface area contributed by atoms with Gasteiger partial charge in [-0.05, 0) is 32.0 Å². The summed E-state index contributed by atoms with van der Waals surface area (Å²) in [6, 6.07) is 10.3. The fourth-order valence-corrected chi connectivity index (χ4v) is 5.14.